The lowest BCUT2D eigenvalue weighted by Crippen LogP contribution is -2.39. The van der Waals surface area contributed by atoms with Crippen LogP contribution in [0, 0.1) is 10.8 Å². The van der Waals surface area contributed by atoms with Gasteiger partial charge in [0.15, 0.2) is 5.78 Å². The summed E-state index contributed by atoms with van der Waals surface area (Å²) in [7, 11) is 0. The summed E-state index contributed by atoms with van der Waals surface area (Å²) in [6, 6.07) is 0. The molecule has 0 saturated heterocycles. The number of rotatable bonds is 7. The molecule has 0 spiro atoms. The Morgan fingerprint density at radius 2 is 1.56 bits per heavy atom. The predicted octanol–water partition coefficient (Wildman–Crippen LogP) is 1.72. The number of carbonyl (C=O) groups excluding carboxylic acids is 2. The van der Waals surface area contributed by atoms with Crippen LogP contribution in [0.15, 0.2) is 0 Å². The molecule has 0 heterocycles. The van der Waals surface area contributed by atoms with E-state index >= 15 is 0 Å². The Morgan fingerprint density at radius 3 is 1.94 bits per heavy atom. The van der Waals surface area contributed by atoms with E-state index in [4.69, 9.17) is 5.11 Å². The molecule has 1 atom stereocenters. The average molecular weight is 258 g/mol. The highest BCUT2D eigenvalue weighted by Crippen LogP contribution is 2.23. The minimum atomic E-state index is -1.17. The Balaban J connectivity index is 4.17. The van der Waals surface area contributed by atoms with Gasteiger partial charge in [-0.2, -0.15) is 0 Å². The molecule has 0 saturated carbocycles. The van der Waals surface area contributed by atoms with Crippen molar-refractivity contribution in [3.63, 3.8) is 0 Å². The second-order valence-electron chi connectivity index (χ2n) is 6.54. The third-order valence-electron chi connectivity index (χ3n) is 3.12. The molecule has 106 valence electrons. The van der Waals surface area contributed by atoms with Crippen molar-refractivity contribution < 1.29 is 19.8 Å². The molecular formula is C14H26O4. The van der Waals surface area contributed by atoms with Gasteiger partial charge in [0.2, 0.25) is 0 Å². The molecule has 0 rings (SSSR count). The molecular weight excluding hydrogens is 232 g/mol. The summed E-state index contributed by atoms with van der Waals surface area (Å²) in [5, 5.41) is 18.8. The van der Waals surface area contributed by atoms with Gasteiger partial charge in [-0.3, -0.25) is 9.59 Å². The van der Waals surface area contributed by atoms with Crippen molar-refractivity contribution in [2.24, 2.45) is 10.8 Å². The molecule has 0 amide bonds. The summed E-state index contributed by atoms with van der Waals surface area (Å²) in [4.78, 5) is 23.4. The number of aliphatic hydroxyl groups is 2. The standard InChI is InChI=1S/C14H26O4/c1-13(2,3)11(17)8-6-7-10(16)12(18)14(4,5)9-15/h12,15,18H,6-9H2,1-5H3/t12-/m0/s1. The number of ketones is 2. The Morgan fingerprint density at radius 1 is 1.06 bits per heavy atom. The molecule has 0 aliphatic heterocycles. The van der Waals surface area contributed by atoms with Crippen molar-refractivity contribution in [1.29, 1.82) is 0 Å². The fourth-order valence-electron chi connectivity index (χ4n) is 1.46. The van der Waals surface area contributed by atoms with Crippen LogP contribution in [0.5, 0.6) is 0 Å². The first-order valence-electron chi connectivity index (χ1n) is 6.37. The highest BCUT2D eigenvalue weighted by Gasteiger charge is 2.32. The van der Waals surface area contributed by atoms with Gasteiger partial charge in [-0.1, -0.05) is 34.6 Å². The predicted molar refractivity (Wildman–Crippen MR) is 70.2 cm³/mol. The van der Waals surface area contributed by atoms with Crippen molar-refractivity contribution >= 4 is 11.6 Å². The first kappa shape index (κ1) is 17.3. The zero-order valence-corrected chi connectivity index (χ0v) is 12.1. The zero-order chi connectivity index (χ0) is 14.6. The third-order valence-corrected chi connectivity index (χ3v) is 3.12. The molecule has 2 N–H and O–H groups in total. The number of aliphatic hydroxyl groups excluding tert-OH is 2. The van der Waals surface area contributed by atoms with Crippen molar-refractivity contribution in [2.75, 3.05) is 6.61 Å². The van der Waals surface area contributed by atoms with Crippen LogP contribution in [0.4, 0.5) is 0 Å². The van der Waals surface area contributed by atoms with Crippen LogP contribution < -0.4 is 0 Å². The number of hydrogen-bond donors (Lipinski definition) is 2. The van der Waals surface area contributed by atoms with Gasteiger partial charge >= 0.3 is 0 Å². The van der Waals surface area contributed by atoms with Gasteiger partial charge in [0.25, 0.3) is 0 Å². The monoisotopic (exact) mass is 258 g/mol. The molecule has 18 heavy (non-hydrogen) atoms. The molecule has 0 aromatic rings. The van der Waals surface area contributed by atoms with E-state index in [9.17, 15) is 14.7 Å². The quantitative estimate of drug-likeness (QED) is 0.729. The van der Waals surface area contributed by atoms with Crippen LogP contribution in [0.2, 0.25) is 0 Å². The normalized spacial score (nSPS) is 14.4. The maximum atomic E-state index is 11.7. The minimum Gasteiger partial charge on any atom is -0.396 e. The highest BCUT2D eigenvalue weighted by molar-refractivity contribution is 5.86. The van der Waals surface area contributed by atoms with Gasteiger partial charge in [0.1, 0.15) is 11.9 Å². The first-order chi connectivity index (χ1) is 8.02. The molecule has 0 aromatic heterocycles. The van der Waals surface area contributed by atoms with Crippen molar-refractivity contribution in [3.05, 3.63) is 0 Å². The lowest BCUT2D eigenvalue weighted by molar-refractivity contribution is -0.135. The summed E-state index contributed by atoms with van der Waals surface area (Å²) in [6.07, 6.45) is -0.200. The molecule has 4 nitrogen and oxygen atoms in total. The maximum absolute atomic E-state index is 11.7. The summed E-state index contributed by atoms with van der Waals surface area (Å²) in [5.74, 6) is -0.193. The summed E-state index contributed by atoms with van der Waals surface area (Å²) in [5.41, 5.74) is -1.21. The zero-order valence-electron chi connectivity index (χ0n) is 12.1. The van der Waals surface area contributed by atoms with Crippen LogP contribution >= 0.6 is 0 Å². The molecule has 0 bridgehead atoms. The van der Waals surface area contributed by atoms with E-state index in [1.807, 2.05) is 20.8 Å². The summed E-state index contributed by atoms with van der Waals surface area (Å²) < 4.78 is 0. The van der Waals surface area contributed by atoms with E-state index in [2.05, 4.69) is 0 Å². The first-order valence-corrected chi connectivity index (χ1v) is 6.37. The molecule has 0 unspecified atom stereocenters. The van der Waals surface area contributed by atoms with Crippen LogP contribution in [-0.2, 0) is 9.59 Å². The van der Waals surface area contributed by atoms with Crippen LogP contribution in [0.1, 0.15) is 53.9 Å². The van der Waals surface area contributed by atoms with Crippen molar-refractivity contribution in [3.8, 4) is 0 Å². The Labute approximate surface area is 109 Å². The molecule has 0 radical (unpaired) electrons. The molecule has 0 fully saturated rings. The van der Waals surface area contributed by atoms with Crippen molar-refractivity contribution in [1.82, 2.24) is 0 Å². The van der Waals surface area contributed by atoms with E-state index < -0.39 is 11.5 Å². The van der Waals surface area contributed by atoms with E-state index in [1.165, 1.54) is 0 Å². The Bertz CT molecular complexity index is 299. The minimum absolute atomic E-state index is 0.117. The molecule has 4 heteroatoms. The van der Waals surface area contributed by atoms with E-state index in [1.54, 1.807) is 13.8 Å². The maximum Gasteiger partial charge on any atom is 0.161 e. The lowest BCUT2D eigenvalue weighted by Gasteiger charge is -2.27. The van der Waals surface area contributed by atoms with Crippen LogP contribution in [-0.4, -0.2) is 34.5 Å². The molecule has 0 aliphatic carbocycles. The molecule has 0 aliphatic rings. The SMILES string of the molecule is CC(C)(C)C(=O)CCCC(=O)[C@H](O)C(C)(C)CO. The largest absolute Gasteiger partial charge is 0.396 e. The van der Waals surface area contributed by atoms with Crippen LogP contribution in [0.3, 0.4) is 0 Å². The van der Waals surface area contributed by atoms with Gasteiger partial charge in [0.05, 0.1) is 6.61 Å². The number of hydrogen-bond acceptors (Lipinski definition) is 4. The fraction of sp³-hybridized carbons (Fsp3) is 0.857. The van der Waals surface area contributed by atoms with E-state index in [0.29, 0.717) is 12.8 Å². The smallest absolute Gasteiger partial charge is 0.161 e. The van der Waals surface area contributed by atoms with Gasteiger partial charge in [0, 0.05) is 23.7 Å². The number of carbonyl (C=O) groups is 2. The second kappa shape index (κ2) is 6.43. The second-order valence-corrected chi connectivity index (χ2v) is 6.54. The van der Waals surface area contributed by atoms with Gasteiger partial charge in [-0.05, 0) is 6.42 Å². The topological polar surface area (TPSA) is 74.6 Å². The number of Topliss-reactive ketones (excluding diaryl/α,β-unsaturated/α-hetero) is 2. The van der Waals surface area contributed by atoms with E-state index in [0.717, 1.165) is 0 Å². The van der Waals surface area contributed by atoms with Crippen molar-refractivity contribution in [2.45, 2.75) is 60.0 Å². The van der Waals surface area contributed by atoms with Gasteiger partial charge < -0.3 is 10.2 Å². The van der Waals surface area contributed by atoms with Gasteiger partial charge in [-0.25, -0.2) is 0 Å². The lowest BCUT2D eigenvalue weighted by atomic mass is 9.83. The Hall–Kier alpha value is -0.740. The van der Waals surface area contributed by atoms with E-state index in [-0.39, 0.29) is 30.0 Å². The summed E-state index contributed by atoms with van der Waals surface area (Å²) in [6.45, 7) is 8.56. The fourth-order valence-corrected chi connectivity index (χ4v) is 1.46. The van der Waals surface area contributed by atoms with Crippen LogP contribution in [0.25, 0.3) is 0 Å². The molecule has 0 aromatic carbocycles. The van der Waals surface area contributed by atoms with Gasteiger partial charge in [-0.15, -0.1) is 0 Å². The Kier molecular flexibility index (Phi) is 6.17. The highest BCUT2D eigenvalue weighted by atomic mass is 16.3. The third kappa shape index (κ3) is 5.27. The summed E-state index contributed by atoms with van der Waals surface area (Å²) >= 11 is 0. The average Bonchev–Trinajstić information content (AvgIpc) is 2.26.